The Bertz CT molecular complexity index is 822. The number of carbonyl (C=O) groups excluding carboxylic acids is 2. The Balaban J connectivity index is 1.63. The van der Waals surface area contributed by atoms with Gasteiger partial charge >= 0.3 is 0 Å². The van der Waals surface area contributed by atoms with Crippen molar-refractivity contribution in [1.82, 2.24) is 4.90 Å². The number of hydrogen-bond acceptors (Lipinski definition) is 3. The highest BCUT2D eigenvalue weighted by atomic mass is 35.5. The van der Waals surface area contributed by atoms with Crippen molar-refractivity contribution in [3.8, 4) is 0 Å². The standard InChI is InChI=1S/C22H24ClNO3/c1-12(25)18-19(16-2-4-17(23)5-3-16)24(21(27)20(18)26)22-9-13-6-14(10-22)8-15(7-13)11-22/h2-5,13-15,19,26H,6-11H2,1H3/t13?,14?,15?,19-,22?/m1/s1. The molecule has 1 aromatic rings. The first-order chi connectivity index (χ1) is 12.9. The number of hydrogen-bond donors (Lipinski definition) is 1. The predicted octanol–water partition coefficient (Wildman–Crippen LogP) is 4.59. The molecule has 1 heterocycles. The Morgan fingerprint density at radius 3 is 2.07 bits per heavy atom. The lowest BCUT2D eigenvalue weighted by Gasteiger charge is -2.60. The molecule has 4 bridgehead atoms. The fourth-order valence-corrected chi connectivity index (χ4v) is 6.90. The van der Waals surface area contributed by atoms with Gasteiger partial charge in [0.05, 0.1) is 11.6 Å². The van der Waals surface area contributed by atoms with Crippen LogP contribution in [-0.4, -0.2) is 27.2 Å². The molecule has 0 aromatic heterocycles. The van der Waals surface area contributed by atoms with Crippen molar-refractivity contribution in [2.24, 2.45) is 17.8 Å². The number of carbonyl (C=O) groups is 2. The SMILES string of the molecule is CC(=O)C1=C(O)C(=O)N(C23CC4CC(CC(C4)C2)C3)[C@@H]1c1ccc(Cl)cc1. The van der Waals surface area contributed by atoms with Gasteiger partial charge in [-0.2, -0.15) is 0 Å². The molecule has 0 spiro atoms. The van der Waals surface area contributed by atoms with Crippen LogP contribution in [0.2, 0.25) is 5.02 Å². The Morgan fingerprint density at radius 2 is 1.59 bits per heavy atom. The van der Waals surface area contributed by atoms with Crippen LogP contribution in [0.15, 0.2) is 35.6 Å². The van der Waals surface area contributed by atoms with E-state index >= 15 is 0 Å². The molecule has 1 aliphatic heterocycles. The number of Topliss-reactive ketones (excluding diaryl/α,β-unsaturated/α-hetero) is 1. The van der Waals surface area contributed by atoms with Gasteiger partial charge in [-0.3, -0.25) is 9.59 Å². The van der Waals surface area contributed by atoms with Crippen LogP contribution in [0.1, 0.15) is 57.1 Å². The minimum absolute atomic E-state index is 0.234. The first kappa shape index (κ1) is 17.3. The maximum absolute atomic E-state index is 13.2. The van der Waals surface area contributed by atoms with Crippen LogP contribution in [0.4, 0.5) is 0 Å². The largest absolute Gasteiger partial charge is 0.503 e. The van der Waals surface area contributed by atoms with E-state index in [1.807, 2.05) is 17.0 Å². The summed E-state index contributed by atoms with van der Waals surface area (Å²) in [6.45, 7) is 1.44. The second-order valence-corrected chi connectivity index (χ2v) is 9.53. The summed E-state index contributed by atoms with van der Waals surface area (Å²) in [4.78, 5) is 27.5. The van der Waals surface area contributed by atoms with Crippen molar-refractivity contribution in [2.45, 2.75) is 57.0 Å². The van der Waals surface area contributed by atoms with Crippen LogP contribution in [-0.2, 0) is 9.59 Å². The normalized spacial score (nSPS) is 37.4. The van der Waals surface area contributed by atoms with Crippen molar-refractivity contribution < 1.29 is 14.7 Å². The summed E-state index contributed by atoms with van der Waals surface area (Å²) in [7, 11) is 0. The van der Waals surface area contributed by atoms with E-state index in [1.165, 1.54) is 26.2 Å². The summed E-state index contributed by atoms with van der Waals surface area (Å²) in [6, 6.07) is 6.80. The maximum atomic E-state index is 13.2. The van der Waals surface area contributed by atoms with Gasteiger partial charge in [-0.25, -0.2) is 0 Å². The fraction of sp³-hybridized carbons (Fsp3) is 0.545. The fourth-order valence-electron chi connectivity index (χ4n) is 6.77. The van der Waals surface area contributed by atoms with Gasteiger partial charge in [0.25, 0.3) is 5.91 Å². The van der Waals surface area contributed by atoms with Crippen LogP contribution < -0.4 is 0 Å². The van der Waals surface area contributed by atoms with Gasteiger partial charge < -0.3 is 10.0 Å². The molecule has 5 heteroatoms. The number of aliphatic hydroxyl groups is 1. The van der Waals surface area contributed by atoms with Gasteiger partial charge in [0, 0.05) is 10.6 Å². The first-order valence-corrected chi connectivity index (χ1v) is 10.3. The topological polar surface area (TPSA) is 57.6 Å². The van der Waals surface area contributed by atoms with Gasteiger partial charge in [-0.15, -0.1) is 0 Å². The molecule has 0 radical (unpaired) electrons. The van der Waals surface area contributed by atoms with E-state index in [9.17, 15) is 14.7 Å². The third kappa shape index (κ3) is 2.49. The molecule has 1 atom stereocenters. The van der Waals surface area contributed by atoms with Crippen LogP contribution in [0, 0.1) is 17.8 Å². The summed E-state index contributed by atoms with van der Waals surface area (Å²) in [5.74, 6) is 1.02. The zero-order valence-corrected chi connectivity index (χ0v) is 16.2. The minimum Gasteiger partial charge on any atom is -0.503 e. The summed E-state index contributed by atoms with van der Waals surface area (Å²) in [6.07, 6.45) is 6.79. The van der Waals surface area contributed by atoms with E-state index in [-0.39, 0.29) is 28.6 Å². The van der Waals surface area contributed by atoms with E-state index in [1.54, 1.807) is 12.1 Å². The molecule has 142 valence electrons. The third-order valence-corrected chi connectivity index (χ3v) is 7.54. The van der Waals surface area contributed by atoms with Gasteiger partial charge in [0.1, 0.15) is 0 Å². The molecule has 1 amide bonds. The Labute approximate surface area is 164 Å². The average Bonchev–Trinajstić information content (AvgIpc) is 2.86. The number of benzene rings is 1. The van der Waals surface area contributed by atoms with Crippen molar-refractivity contribution in [3.63, 3.8) is 0 Å². The monoisotopic (exact) mass is 385 g/mol. The second-order valence-electron chi connectivity index (χ2n) is 9.09. The van der Waals surface area contributed by atoms with Gasteiger partial charge in [0.15, 0.2) is 11.5 Å². The highest BCUT2D eigenvalue weighted by Crippen LogP contribution is 2.60. The molecule has 4 fully saturated rings. The lowest BCUT2D eigenvalue weighted by Crippen LogP contribution is -2.61. The number of ketones is 1. The molecule has 5 aliphatic rings. The molecule has 0 unspecified atom stereocenters. The van der Waals surface area contributed by atoms with E-state index in [0.29, 0.717) is 22.8 Å². The summed E-state index contributed by atoms with van der Waals surface area (Å²) in [5, 5.41) is 11.2. The zero-order valence-electron chi connectivity index (χ0n) is 15.5. The quantitative estimate of drug-likeness (QED) is 0.827. The highest BCUT2D eigenvalue weighted by molar-refractivity contribution is 6.30. The van der Waals surface area contributed by atoms with E-state index in [4.69, 9.17) is 11.6 Å². The highest BCUT2D eigenvalue weighted by Gasteiger charge is 2.59. The van der Waals surface area contributed by atoms with Crippen molar-refractivity contribution in [2.75, 3.05) is 0 Å². The smallest absolute Gasteiger partial charge is 0.290 e. The third-order valence-electron chi connectivity index (χ3n) is 7.29. The van der Waals surface area contributed by atoms with Crippen molar-refractivity contribution in [3.05, 3.63) is 46.2 Å². The minimum atomic E-state index is -0.511. The molecular formula is C22H24ClNO3. The Morgan fingerprint density at radius 1 is 1.07 bits per heavy atom. The summed E-state index contributed by atoms with van der Waals surface area (Å²) in [5.41, 5.74) is 0.845. The lowest BCUT2D eigenvalue weighted by molar-refractivity contribution is -0.150. The van der Waals surface area contributed by atoms with E-state index in [0.717, 1.165) is 24.8 Å². The molecule has 6 rings (SSSR count). The molecule has 1 N–H and O–H groups in total. The molecule has 1 aromatic carbocycles. The Kier molecular flexibility index (Phi) is 3.74. The van der Waals surface area contributed by atoms with Crippen LogP contribution >= 0.6 is 11.6 Å². The number of nitrogens with zero attached hydrogens (tertiary/aromatic N) is 1. The van der Waals surface area contributed by atoms with Gasteiger partial charge in [-0.1, -0.05) is 23.7 Å². The molecule has 27 heavy (non-hydrogen) atoms. The zero-order chi connectivity index (χ0) is 18.9. The van der Waals surface area contributed by atoms with Gasteiger partial charge in [-0.05, 0) is 80.9 Å². The lowest BCUT2D eigenvalue weighted by atomic mass is 9.52. The molecule has 0 saturated heterocycles. The second kappa shape index (κ2) is 5.84. The molecule has 4 aliphatic carbocycles. The average molecular weight is 386 g/mol. The Hall–Kier alpha value is -1.81. The van der Waals surface area contributed by atoms with Crippen molar-refractivity contribution >= 4 is 23.3 Å². The molecule has 4 nitrogen and oxygen atoms in total. The number of halogens is 1. The maximum Gasteiger partial charge on any atom is 0.290 e. The summed E-state index contributed by atoms with van der Waals surface area (Å²) >= 11 is 6.06. The summed E-state index contributed by atoms with van der Waals surface area (Å²) < 4.78 is 0. The number of rotatable bonds is 3. The van der Waals surface area contributed by atoms with E-state index < -0.39 is 6.04 Å². The van der Waals surface area contributed by atoms with Crippen LogP contribution in [0.5, 0.6) is 0 Å². The number of aliphatic hydroxyl groups excluding tert-OH is 1. The van der Waals surface area contributed by atoms with Crippen LogP contribution in [0.25, 0.3) is 0 Å². The first-order valence-electron chi connectivity index (χ1n) is 9.91. The van der Waals surface area contributed by atoms with Crippen molar-refractivity contribution in [1.29, 1.82) is 0 Å². The van der Waals surface area contributed by atoms with Crippen LogP contribution in [0.3, 0.4) is 0 Å². The molecule has 4 saturated carbocycles. The molecular weight excluding hydrogens is 362 g/mol. The van der Waals surface area contributed by atoms with Gasteiger partial charge in [0.2, 0.25) is 0 Å². The predicted molar refractivity (Wildman–Crippen MR) is 102 cm³/mol. The number of amides is 1. The van der Waals surface area contributed by atoms with E-state index in [2.05, 4.69) is 0 Å².